The van der Waals surface area contributed by atoms with Gasteiger partial charge in [0.1, 0.15) is 11.6 Å². The summed E-state index contributed by atoms with van der Waals surface area (Å²) in [7, 11) is 0. The molecule has 0 heterocycles. The number of carbonyl (C=O) groups is 1. The van der Waals surface area contributed by atoms with Crippen LogP contribution in [0.15, 0.2) is 48.5 Å². The molecule has 2 aromatic carbocycles. The maximum atomic E-state index is 14.3. The first-order valence-electron chi connectivity index (χ1n) is 8.78. The number of hydrogen-bond acceptors (Lipinski definition) is 2. The fraction of sp³-hybridized carbons (Fsp3) is 0.381. The Morgan fingerprint density at radius 1 is 1.04 bits per heavy atom. The van der Waals surface area contributed by atoms with Gasteiger partial charge in [-0.25, -0.2) is 4.39 Å². The van der Waals surface area contributed by atoms with Crippen LogP contribution in [0.4, 0.5) is 4.39 Å². The zero-order valence-electron chi connectivity index (χ0n) is 13.8. The molecule has 0 aromatic heterocycles. The minimum Gasteiger partial charge on any atom is -0.426 e. The molecule has 0 unspecified atom stereocenters. The summed E-state index contributed by atoms with van der Waals surface area (Å²) in [5, 5.41) is 0. The van der Waals surface area contributed by atoms with E-state index in [0.29, 0.717) is 17.9 Å². The lowest BCUT2D eigenvalue weighted by molar-refractivity contribution is -0.134. The van der Waals surface area contributed by atoms with Gasteiger partial charge in [-0.1, -0.05) is 62.4 Å². The Morgan fingerprint density at radius 3 is 2.50 bits per heavy atom. The van der Waals surface area contributed by atoms with Crippen molar-refractivity contribution in [2.75, 3.05) is 0 Å². The molecule has 0 atom stereocenters. The molecule has 2 nitrogen and oxygen atoms in total. The minimum atomic E-state index is -0.376. The second-order valence-electron chi connectivity index (χ2n) is 6.52. The predicted octanol–water partition coefficient (Wildman–Crippen LogP) is 5.76. The van der Waals surface area contributed by atoms with E-state index in [-0.39, 0.29) is 17.5 Å². The average Bonchev–Trinajstić information content (AvgIpc) is 2.62. The monoisotopic (exact) mass is 326 g/mol. The average molecular weight is 326 g/mol. The van der Waals surface area contributed by atoms with Crippen molar-refractivity contribution in [2.24, 2.45) is 5.92 Å². The highest BCUT2D eigenvalue weighted by molar-refractivity contribution is 5.73. The highest BCUT2D eigenvalue weighted by Gasteiger charge is 2.16. The number of ether oxygens (including phenoxy) is 1. The van der Waals surface area contributed by atoms with Crippen LogP contribution in [0.2, 0.25) is 0 Å². The lowest BCUT2D eigenvalue weighted by Crippen LogP contribution is -2.12. The van der Waals surface area contributed by atoms with E-state index < -0.39 is 0 Å². The summed E-state index contributed by atoms with van der Waals surface area (Å²) in [5.41, 5.74) is 1.32. The van der Waals surface area contributed by atoms with Crippen LogP contribution < -0.4 is 4.74 Å². The van der Waals surface area contributed by atoms with Crippen molar-refractivity contribution in [3.8, 4) is 16.9 Å². The fourth-order valence-electron chi connectivity index (χ4n) is 3.39. The Bertz CT molecular complexity index is 675. The van der Waals surface area contributed by atoms with Gasteiger partial charge >= 0.3 is 5.97 Å². The lowest BCUT2D eigenvalue weighted by atomic mass is 9.86. The standard InChI is InChI=1S/C21H23FO2/c22-20-15-18(12-13-19(20)17-9-5-2-6-10-17)24-21(23)14-11-16-7-3-1-4-8-16/h2,5-6,9-10,12-13,15-16H,1,3-4,7-8,11,14H2. The van der Waals surface area contributed by atoms with Gasteiger partial charge in [-0.3, -0.25) is 4.79 Å². The highest BCUT2D eigenvalue weighted by Crippen LogP contribution is 2.28. The molecule has 126 valence electrons. The molecule has 3 heteroatoms. The van der Waals surface area contributed by atoms with Crippen LogP contribution in [0.25, 0.3) is 11.1 Å². The summed E-state index contributed by atoms with van der Waals surface area (Å²) < 4.78 is 19.6. The maximum Gasteiger partial charge on any atom is 0.311 e. The number of carbonyl (C=O) groups excluding carboxylic acids is 1. The lowest BCUT2D eigenvalue weighted by Gasteiger charge is -2.20. The Labute approximate surface area is 142 Å². The topological polar surface area (TPSA) is 26.3 Å². The van der Waals surface area contributed by atoms with Gasteiger partial charge in [0.2, 0.25) is 0 Å². The number of esters is 1. The minimum absolute atomic E-state index is 0.271. The quantitative estimate of drug-likeness (QED) is 0.516. The summed E-state index contributed by atoms with van der Waals surface area (Å²) >= 11 is 0. The van der Waals surface area contributed by atoms with Gasteiger partial charge in [0.25, 0.3) is 0 Å². The summed E-state index contributed by atoms with van der Waals surface area (Å²) in [4.78, 5) is 12.0. The molecule has 0 spiro atoms. The van der Waals surface area contributed by atoms with E-state index in [9.17, 15) is 9.18 Å². The van der Waals surface area contributed by atoms with Crippen molar-refractivity contribution < 1.29 is 13.9 Å². The molecule has 0 N–H and O–H groups in total. The molecule has 24 heavy (non-hydrogen) atoms. The van der Waals surface area contributed by atoms with E-state index in [1.54, 1.807) is 12.1 Å². The van der Waals surface area contributed by atoms with Crippen LogP contribution >= 0.6 is 0 Å². The van der Waals surface area contributed by atoms with Gasteiger partial charge in [-0.15, -0.1) is 0 Å². The highest BCUT2D eigenvalue weighted by atomic mass is 19.1. The Morgan fingerprint density at radius 2 is 1.79 bits per heavy atom. The molecule has 0 aliphatic heterocycles. The zero-order chi connectivity index (χ0) is 16.8. The Balaban J connectivity index is 1.57. The molecular weight excluding hydrogens is 303 g/mol. The summed E-state index contributed by atoms with van der Waals surface area (Å²) in [6.45, 7) is 0. The number of halogens is 1. The number of rotatable bonds is 5. The van der Waals surface area contributed by atoms with Crippen molar-refractivity contribution in [3.63, 3.8) is 0 Å². The van der Waals surface area contributed by atoms with Gasteiger partial charge in [-0.05, 0) is 30.0 Å². The normalized spacial score (nSPS) is 15.2. The van der Waals surface area contributed by atoms with E-state index in [1.165, 1.54) is 38.2 Å². The zero-order valence-corrected chi connectivity index (χ0v) is 13.8. The number of hydrogen-bond donors (Lipinski definition) is 0. The van der Waals surface area contributed by atoms with Crippen LogP contribution in [0.1, 0.15) is 44.9 Å². The molecule has 1 fully saturated rings. The Hall–Kier alpha value is -2.16. The van der Waals surface area contributed by atoms with Crippen LogP contribution in [0.5, 0.6) is 5.75 Å². The smallest absolute Gasteiger partial charge is 0.311 e. The first-order chi connectivity index (χ1) is 11.7. The van der Waals surface area contributed by atoms with Crippen molar-refractivity contribution in [1.82, 2.24) is 0 Å². The van der Waals surface area contributed by atoms with E-state index >= 15 is 0 Å². The van der Waals surface area contributed by atoms with E-state index in [2.05, 4.69) is 0 Å². The summed E-state index contributed by atoms with van der Waals surface area (Å²) in [6.07, 6.45) is 7.57. The molecule has 2 aromatic rings. The van der Waals surface area contributed by atoms with Crippen LogP contribution in [0, 0.1) is 11.7 Å². The Kier molecular flexibility index (Phi) is 5.63. The van der Waals surface area contributed by atoms with Crippen LogP contribution in [-0.2, 0) is 4.79 Å². The molecule has 0 bridgehead atoms. The largest absolute Gasteiger partial charge is 0.426 e. The first-order valence-corrected chi connectivity index (χ1v) is 8.78. The van der Waals surface area contributed by atoms with Crippen molar-refractivity contribution in [3.05, 3.63) is 54.3 Å². The molecule has 0 amide bonds. The third kappa shape index (κ3) is 4.44. The van der Waals surface area contributed by atoms with E-state index in [1.807, 2.05) is 30.3 Å². The third-order valence-electron chi connectivity index (χ3n) is 4.74. The molecule has 1 saturated carbocycles. The second-order valence-corrected chi connectivity index (χ2v) is 6.52. The van der Waals surface area contributed by atoms with Gasteiger partial charge in [-0.2, -0.15) is 0 Å². The molecular formula is C21H23FO2. The summed E-state index contributed by atoms with van der Waals surface area (Å²) in [5.74, 6) is 0.274. The van der Waals surface area contributed by atoms with Gasteiger partial charge in [0.15, 0.2) is 0 Å². The molecule has 1 aliphatic rings. The van der Waals surface area contributed by atoms with E-state index in [4.69, 9.17) is 4.74 Å². The van der Waals surface area contributed by atoms with Crippen molar-refractivity contribution >= 4 is 5.97 Å². The van der Waals surface area contributed by atoms with Gasteiger partial charge in [0.05, 0.1) is 0 Å². The summed E-state index contributed by atoms with van der Waals surface area (Å²) in [6, 6.07) is 14.0. The molecule has 0 saturated heterocycles. The third-order valence-corrected chi connectivity index (χ3v) is 4.74. The SMILES string of the molecule is O=C(CCC1CCCCC1)Oc1ccc(-c2ccccc2)c(F)c1. The van der Waals surface area contributed by atoms with Crippen LogP contribution in [0.3, 0.4) is 0 Å². The first kappa shape index (κ1) is 16.7. The second kappa shape index (κ2) is 8.09. The van der Waals surface area contributed by atoms with Crippen molar-refractivity contribution in [1.29, 1.82) is 0 Å². The predicted molar refractivity (Wildman–Crippen MR) is 93.3 cm³/mol. The van der Waals surface area contributed by atoms with Crippen LogP contribution in [-0.4, -0.2) is 5.97 Å². The fourth-order valence-corrected chi connectivity index (χ4v) is 3.39. The van der Waals surface area contributed by atoms with Crippen molar-refractivity contribution in [2.45, 2.75) is 44.9 Å². The maximum absolute atomic E-state index is 14.3. The molecule has 0 radical (unpaired) electrons. The van der Waals surface area contributed by atoms with Gasteiger partial charge < -0.3 is 4.74 Å². The van der Waals surface area contributed by atoms with Gasteiger partial charge in [0, 0.05) is 18.1 Å². The van der Waals surface area contributed by atoms with E-state index in [0.717, 1.165) is 12.0 Å². The molecule has 3 rings (SSSR count). The molecule has 1 aliphatic carbocycles. The number of benzene rings is 2.